The van der Waals surface area contributed by atoms with E-state index >= 15 is 0 Å². The van der Waals surface area contributed by atoms with E-state index in [0.29, 0.717) is 5.82 Å². The second-order valence-electron chi connectivity index (χ2n) is 3.69. The third-order valence-electron chi connectivity index (χ3n) is 2.28. The minimum absolute atomic E-state index is 0.00320. The highest BCUT2D eigenvalue weighted by atomic mass is 16.6. The van der Waals surface area contributed by atoms with Gasteiger partial charge in [-0.2, -0.15) is 0 Å². The van der Waals surface area contributed by atoms with Crippen molar-refractivity contribution >= 4 is 11.5 Å². The first-order chi connectivity index (χ1) is 7.54. The summed E-state index contributed by atoms with van der Waals surface area (Å²) in [5.41, 5.74) is 0.00320. The monoisotopic (exact) mass is 224 g/mol. The molecule has 0 radical (unpaired) electrons. The highest BCUT2D eigenvalue weighted by Crippen LogP contribution is 2.13. The lowest BCUT2D eigenvalue weighted by Crippen LogP contribution is -2.34. The molecular formula is C10H16N4O2. The van der Waals surface area contributed by atoms with Gasteiger partial charge in [0.25, 0.3) is 5.69 Å². The molecule has 1 rings (SSSR count). The molecule has 1 N–H and O–H groups in total. The second kappa shape index (κ2) is 5.41. The Morgan fingerprint density at radius 3 is 2.62 bits per heavy atom. The predicted molar refractivity (Wildman–Crippen MR) is 62.3 cm³/mol. The summed E-state index contributed by atoms with van der Waals surface area (Å²) in [4.78, 5) is 16.0. The first kappa shape index (κ1) is 12.4. The van der Waals surface area contributed by atoms with Crippen LogP contribution in [-0.4, -0.2) is 35.1 Å². The van der Waals surface area contributed by atoms with E-state index in [2.05, 4.69) is 17.2 Å². The highest BCUT2D eigenvalue weighted by molar-refractivity contribution is 5.40. The molecule has 6 nitrogen and oxygen atoms in total. The Morgan fingerprint density at radius 2 is 2.25 bits per heavy atom. The summed E-state index contributed by atoms with van der Waals surface area (Å²) in [5, 5.41) is 13.6. The van der Waals surface area contributed by atoms with Gasteiger partial charge in [0.2, 0.25) is 0 Å². The van der Waals surface area contributed by atoms with Crippen molar-refractivity contribution < 1.29 is 4.92 Å². The molecule has 1 aromatic heterocycles. The molecule has 16 heavy (non-hydrogen) atoms. The average Bonchev–Trinajstić information content (AvgIpc) is 2.26. The van der Waals surface area contributed by atoms with Gasteiger partial charge in [-0.05, 0) is 26.6 Å². The fourth-order valence-electron chi connectivity index (χ4n) is 1.35. The average molecular weight is 224 g/mol. The van der Waals surface area contributed by atoms with Crippen molar-refractivity contribution in [1.29, 1.82) is 0 Å². The summed E-state index contributed by atoms with van der Waals surface area (Å²) < 4.78 is 0. The lowest BCUT2D eigenvalue weighted by atomic mass is 10.3. The summed E-state index contributed by atoms with van der Waals surface area (Å²) in [6.07, 6.45) is 2.35. The van der Waals surface area contributed by atoms with E-state index in [1.165, 1.54) is 12.3 Å². The normalized spacial score (nSPS) is 12.5. The summed E-state index contributed by atoms with van der Waals surface area (Å²) in [6.45, 7) is 2.06. The van der Waals surface area contributed by atoms with E-state index < -0.39 is 4.92 Å². The van der Waals surface area contributed by atoms with Crippen LogP contribution in [0.3, 0.4) is 0 Å². The third-order valence-corrected chi connectivity index (χ3v) is 2.28. The number of pyridine rings is 1. The van der Waals surface area contributed by atoms with E-state index in [1.54, 1.807) is 6.07 Å². The van der Waals surface area contributed by atoms with Crippen molar-refractivity contribution in [1.82, 2.24) is 9.88 Å². The molecule has 0 aromatic carbocycles. The molecule has 0 spiro atoms. The highest BCUT2D eigenvalue weighted by Gasteiger charge is 2.10. The quantitative estimate of drug-likeness (QED) is 0.468. The number of anilines is 1. The van der Waals surface area contributed by atoms with Crippen LogP contribution in [0.15, 0.2) is 18.3 Å². The Kier molecular flexibility index (Phi) is 4.19. The van der Waals surface area contributed by atoms with Gasteiger partial charge in [0.1, 0.15) is 12.0 Å². The van der Waals surface area contributed by atoms with Crippen LogP contribution in [0, 0.1) is 10.1 Å². The minimum Gasteiger partial charge on any atom is -0.355 e. The maximum atomic E-state index is 10.4. The van der Waals surface area contributed by atoms with Gasteiger partial charge in [0.05, 0.1) is 11.1 Å². The molecule has 0 amide bonds. The van der Waals surface area contributed by atoms with Crippen LogP contribution in [0.4, 0.5) is 11.5 Å². The van der Waals surface area contributed by atoms with E-state index in [9.17, 15) is 10.1 Å². The number of hydrogen-bond acceptors (Lipinski definition) is 5. The molecule has 6 heteroatoms. The lowest BCUT2D eigenvalue weighted by molar-refractivity contribution is -0.385. The number of nitrogens with zero attached hydrogens (tertiary/aromatic N) is 3. The van der Waals surface area contributed by atoms with Crippen molar-refractivity contribution in [2.24, 2.45) is 0 Å². The van der Waals surface area contributed by atoms with Gasteiger partial charge in [0, 0.05) is 6.07 Å². The summed E-state index contributed by atoms with van der Waals surface area (Å²) in [6, 6.07) is 3.06. The summed E-state index contributed by atoms with van der Waals surface area (Å²) >= 11 is 0. The van der Waals surface area contributed by atoms with Crippen molar-refractivity contribution in [3.63, 3.8) is 0 Å². The molecule has 1 atom stereocenters. The molecule has 1 aromatic rings. The Morgan fingerprint density at radius 1 is 1.56 bits per heavy atom. The zero-order chi connectivity index (χ0) is 12.1. The molecule has 0 aliphatic carbocycles. The van der Waals surface area contributed by atoms with E-state index in [-0.39, 0.29) is 11.9 Å². The molecule has 88 valence electrons. The summed E-state index contributed by atoms with van der Waals surface area (Å²) in [7, 11) is 3.93. The topological polar surface area (TPSA) is 71.3 Å². The standard InChI is InChI=1S/C10H16N4O2/c1-4-10(13(2)3)12-9-6-5-8(7-11-9)14(15)16/h5-7,10H,4H2,1-3H3,(H,11,12). The molecule has 0 saturated heterocycles. The van der Waals surface area contributed by atoms with Crippen LogP contribution in [0.2, 0.25) is 0 Å². The Bertz CT molecular complexity index is 350. The first-order valence-corrected chi connectivity index (χ1v) is 5.08. The Balaban J connectivity index is 2.71. The van der Waals surface area contributed by atoms with E-state index in [1.807, 2.05) is 19.0 Å². The number of aromatic nitrogens is 1. The van der Waals surface area contributed by atoms with Gasteiger partial charge in [0.15, 0.2) is 0 Å². The number of nitro groups is 1. The molecule has 0 saturated carbocycles. The molecular weight excluding hydrogens is 208 g/mol. The number of nitrogens with one attached hydrogen (secondary N) is 1. The van der Waals surface area contributed by atoms with Crippen molar-refractivity contribution in [2.45, 2.75) is 19.5 Å². The van der Waals surface area contributed by atoms with Crippen LogP contribution < -0.4 is 5.32 Å². The summed E-state index contributed by atoms with van der Waals surface area (Å²) in [5.74, 6) is 0.645. The lowest BCUT2D eigenvalue weighted by Gasteiger charge is -2.24. The van der Waals surface area contributed by atoms with Crippen molar-refractivity contribution in [2.75, 3.05) is 19.4 Å². The Hall–Kier alpha value is -1.69. The van der Waals surface area contributed by atoms with Crippen LogP contribution in [-0.2, 0) is 0 Å². The van der Waals surface area contributed by atoms with Crippen LogP contribution in [0.5, 0.6) is 0 Å². The van der Waals surface area contributed by atoms with Gasteiger partial charge in [-0.1, -0.05) is 6.92 Å². The van der Waals surface area contributed by atoms with Gasteiger partial charge in [-0.3, -0.25) is 15.0 Å². The zero-order valence-corrected chi connectivity index (χ0v) is 9.67. The maximum Gasteiger partial charge on any atom is 0.287 e. The molecule has 0 fully saturated rings. The van der Waals surface area contributed by atoms with E-state index in [0.717, 1.165) is 6.42 Å². The fraction of sp³-hybridized carbons (Fsp3) is 0.500. The number of hydrogen-bond donors (Lipinski definition) is 1. The van der Waals surface area contributed by atoms with Crippen molar-refractivity contribution in [3.8, 4) is 0 Å². The predicted octanol–water partition coefficient (Wildman–Crippen LogP) is 1.70. The van der Waals surface area contributed by atoms with Crippen molar-refractivity contribution in [3.05, 3.63) is 28.4 Å². The van der Waals surface area contributed by atoms with Gasteiger partial charge >= 0.3 is 0 Å². The molecule has 1 heterocycles. The maximum absolute atomic E-state index is 10.4. The molecule has 0 aliphatic heterocycles. The van der Waals surface area contributed by atoms with E-state index in [4.69, 9.17) is 0 Å². The second-order valence-corrected chi connectivity index (χ2v) is 3.69. The SMILES string of the molecule is CCC(Nc1ccc([N+](=O)[O-])cn1)N(C)C. The van der Waals surface area contributed by atoms with Gasteiger partial charge in [-0.25, -0.2) is 4.98 Å². The first-order valence-electron chi connectivity index (χ1n) is 5.08. The third kappa shape index (κ3) is 3.16. The molecule has 0 bridgehead atoms. The Labute approximate surface area is 94.4 Å². The number of rotatable bonds is 5. The minimum atomic E-state index is -0.458. The molecule has 1 unspecified atom stereocenters. The van der Waals surface area contributed by atoms with Crippen LogP contribution >= 0.6 is 0 Å². The largest absolute Gasteiger partial charge is 0.355 e. The van der Waals surface area contributed by atoms with Crippen LogP contribution in [0.1, 0.15) is 13.3 Å². The fourth-order valence-corrected chi connectivity index (χ4v) is 1.35. The zero-order valence-electron chi connectivity index (χ0n) is 9.67. The molecule has 0 aliphatic rings. The van der Waals surface area contributed by atoms with Crippen LogP contribution in [0.25, 0.3) is 0 Å². The smallest absolute Gasteiger partial charge is 0.287 e. The van der Waals surface area contributed by atoms with Gasteiger partial charge in [-0.15, -0.1) is 0 Å². The van der Waals surface area contributed by atoms with Gasteiger partial charge < -0.3 is 5.32 Å².